The molecule has 0 radical (unpaired) electrons. The summed E-state index contributed by atoms with van der Waals surface area (Å²) < 4.78 is 10.7. The van der Waals surface area contributed by atoms with Gasteiger partial charge in [0.2, 0.25) is 0 Å². The first-order valence-corrected chi connectivity index (χ1v) is 5.90. The molecule has 0 aromatic heterocycles. The van der Waals surface area contributed by atoms with E-state index in [1.807, 2.05) is 30.4 Å². The van der Waals surface area contributed by atoms with Gasteiger partial charge in [0.15, 0.2) is 11.5 Å². The topological polar surface area (TPSA) is 21.7 Å². The SMILES string of the molecule is C=CCN(CC=C)Cc1cccc(OC)c1OC. The molecule has 0 spiro atoms. The average Bonchev–Trinajstić information content (AvgIpc) is 2.39. The highest BCUT2D eigenvalue weighted by Gasteiger charge is 2.11. The summed E-state index contributed by atoms with van der Waals surface area (Å²) in [5, 5.41) is 0. The molecule has 0 heterocycles. The van der Waals surface area contributed by atoms with Crippen molar-refractivity contribution >= 4 is 0 Å². The Labute approximate surface area is 109 Å². The van der Waals surface area contributed by atoms with Crippen molar-refractivity contribution in [2.75, 3.05) is 27.3 Å². The van der Waals surface area contributed by atoms with Gasteiger partial charge in [-0.15, -0.1) is 13.2 Å². The number of ether oxygens (including phenoxy) is 2. The van der Waals surface area contributed by atoms with E-state index in [1.165, 1.54) is 0 Å². The van der Waals surface area contributed by atoms with Gasteiger partial charge in [-0.2, -0.15) is 0 Å². The summed E-state index contributed by atoms with van der Waals surface area (Å²) in [5.41, 5.74) is 1.10. The Bertz CT molecular complexity index is 391. The Balaban J connectivity index is 2.93. The van der Waals surface area contributed by atoms with E-state index >= 15 is 0 Å². The van der Waals surface area contributed by atoms with Crippen LogP contribution in [0.3, 0.4) is 0 Å². The largest absolute Gasteiger partial charge is 0.493 e. The maximum atomic E-state index is 5.42. The maximum absolute atomic E-state index is 5.42. The van der Waals surface area contributed by atoms with Crippen molar-refractivity contribution in [3.63, 3.8) is 0 Å². The third-order valence-corrected chi connectivity index (χ3v) is 2.65. The van der Waals surface area contributed by atoms with Gasteiger partial charge in [-0.3, -0.25) is 4.90 Å². The Morgan fingerprint density at radius 2 is 1.78 bits per heavy atom. The lowest BCUT2D eigenvalue weighted by Gasteiger charge is -2.21. The van der Waals surface area contributed by atoms with E-state index in [1.54, 1.807) is 14.2 Å². The summed E-state index contributed by atoms with van der Waals surface area (Å²) in [6.45, 7) is 9.94. The number of nitrogens with zero attached hydrogens (tertiary/aromatic N) is 1. The Kier molecular flexibility index (Phi) is 6.01. The summed E-state index contributed by atoms with van der Waals surface area (Å²) >= 11 is 0. The molecule has 0 atom stereocenters. The van der Waals surface area contributed by atoms with Gasteiger partial charge in [-0.1, -0.05) is 24.3 Å². The molecule has 0 aliphatic carbocycles. The van der Waals surface area contributed by atoms with Crippen LogP contribution in [0.4, 0.5) is 0 Å². The molecule has 3 nitrogen and oxygen atoms in total. The van der Waals surface area contributed by atoms with Crippen LogP contribution in [0.15, 0.2) is 43.5 Å². The van der Waals surface area contributed by atoms with Crippen LogP contribution in [0.25, 0.3) is 0 Å². The molecule has 0 saturated heterocycles. The lowest BCUT2D eigenvalue weighted by Crippen LogP contribution is -2.23. The highest BCUT2D eigenvalue weighted by Crippen LogP contribution is 2.31. The van der Waals surface area contributed by atoms with Gasteiger partial charge >= 0.3 is 0 Å². The molecule has 1 aromatic rings. The highest BCUT2D eigenvalue weighted by molar-refractivity contribution is 5.46. The predicted octanol–water partition coefficient (Wildman–Crippen LogP) is 2.88. The zero-order valence-electron chi connectivity index (χ0n) is 11.2. The van der Waals surface area contributed by atoms with Crippen LogP contribution >= 0.6 is 0 Å². The van der Waals surface area contributed by atoms with E-state index in [0.29, 0.717) is 0 Å². The van der Waals surface area contributed by atoms with Gasteiger partial charge < -0.3 is 9.47 Å². The van der Waals surface area contributed by atoms with E-state index < -0.39 is 0 Å². The van der Waals surface area contributed by atoms with Crippen LogP contribution in [0.1, 0.15) is 5.56 Å². The molecular formula is C15H21NO2. The fraction of sp³-hybridized carbons (Fsp3) is 0.333. The smallest absolute Gasteiger partial charge is 0.165 e. The van der Waals surface area contributed by atoms with E-state index in [9.17, 15) is 0 Å². The Morgan fingerprint density at radius 3 is 2.28 bits per heavy atom. The molecule has 3 heteroatoms. The normalized spacial score (nSPS) is 10.2. The third-order valence-electron chi connectivity index (χ3n) is 2.65. The summed E-state index contributed by atoms with van der Waals surface area (Å²) in [7, 11) is 3.31. The molecule has 0 bridgehead atoms. The summed E-state index contributed by atoms with van der Waals surface area (Å²) in [5.74, 6) is 1.55. The maximum Gasteiger partial charge on any atom is 0.165 e. The Hall–Kier alpha value is -1.74. The summed E-state index contributed by atoms with van der Waals surface area (Å²) in [6.07, 6.45) is 3.77. The second kappa shape index (κ2) is 7.56. The minimum absolute atomic E-state index is 0.757. The average molecular weight is 247 g/mol. The van der Waals surface area contributed by atoms with Crippen molar-refractivity contribution in [3.8, 4) is 11.5 Å². The first-order chi connectivity index (χ1) is 8.76. The molecule has 0 unspecified atom stereocenters. The van der Waals surface area contributed by atoms with Gasteiger partial charge in [0.25, 0.3) is 0 Å². The number of hydrogen-bond donors (Lipinski definition) is 0. The lowest BCUT2D eigenvalue weighted by atomic mass is 10.1. The quantitative estimate of drug-likeness (QED) is 0.659. The van der Waals surface area contributed by atoms with Crippen molar-refractivity contribution in [1.29, 1.82) is 0 Å². The fourth-order valence-corrected chi connectivity index (χ4v) is 1.89. The molecule has 0 aliphatic rings. The standard InChI is InChI=1S/C15H21NO2/c1-5-10-16(11-6-2)12-13-8-7-9-14(17-3)15(13)18-4/h5-9H,1-2,10-12H2,3-4H3. The molecule has 0 fully saturated rings. The molecule has 0 N–H and O–H groups in total. The minimum atomic E-state index is 0.757. The van der Waals surface area contributed by atoms with E-state index in [4.69, 9.17) is 9.47 Å². The van der Waals surface area contributed by atoms with Gasteiger partial charge in [-0.05, 0) is 6.07 Å². The van der Waals surface area contributed by atoms with Crippen molar-refractivity contribution in [1.82, 2.24) is 4.90 Å². The minimum Gasteiger partial charge on any atom is -0.493 e. The molecule has 0 saturated carbocycles. The highest BCUT2D eigenvalue weighted by atomic mass is 16.5. The first kappa shape index (κ1) is 14.3. The van der Waals surface area contributed by atoms with Crippen LogP contribution in [0.5, 0.6) is 11.5 Å². The van der Waals surface area contributed by atoms with Crippen LogP contribution in [-0.2, 0) is 6.54 Å². The molecule has 1 rings (SSSR count). The molecule has 98 valence electrons. The second-order valence-corrected chi connectivity index (χ2v) is 3.92. The first-order valence-electron chi connectivity index (χ1n) is 5.90. The zero-order valence-corrected chi connectivity index (χ0v) is 11.2. The van der Waals surface area contributed by atoms with Crippen LogP contribution in [0.2, 0.25) is 0 Å². The fourth-order valence-electron chi connectivity index (χ4n) is 1.89. The summed E-state index contributed by atoms with van der Waals surface area (Å²) in [4.78, 5) is 2.22. The number of para-hydroxylation sites is 1. The number of rotatable bonds is 8. The van der Waals surface area contributed by atoms with Crippen molar-refractivity contribution in [2.45, 2.75) is 6.54 Å². The van der Waals surface area contributed by atoms with Crippen LogP contribution in [0, 0.1) is 0 Å². The van der Waals surface area contributed by atoms with Gasteiger partial charge in [0.1, 0.15) is 0 Å². The number of benzene rings is 1. The van der Waals surface area contributed by atoms with Crippen molar-refractivity contribution in [3.05, 3.63) is 49.1 Å². The molecule has 18 heavy (non-hydrogen) atoms. The van der Waals surface area contributed by atoms with E-state index in [0.717, 1.165) is 36.7 Å². The van der Waals surface area contributed by atoms with Crippen molar-refractivity contribution < 1.29 is 9.47 Å². The predicted molar refractivity (Wildman–Crippen MR) is 75.2 cm³/mol. The molecular weight excluding hydrogens is 226 g/mol. The van der Waals surface area contributed by atoms with Gasteiger partial charge in [0, 0.05) is 25.2 Å². The lowest BCUT2D eigenvalue weighted by molar-refractivity contribution is 0.309. The monoisotopic (exact) mass is 247 g/mol. The second-order valence-electron chi connectivity index (χ2n) is 3.92. The van der Waals surface area contributed by atoms with Crippen LogP contribution < -0.4 is 9.47 Å². The third kappa shape index (κ3) is 3.64. The summed E-state index contributed by atoms with van der Waals surface area (Å²) in [6, 6.07) is 5.91. The van der Waals surface area contributed by atoms with E-state index in [2.05, 4.69) is 18.1 Å². The number of hydrogen-bond acceptors (Lipinski definition) is 3. The molecule has 1 aromatic carbocycles. The zero-order chi connectivity index (χ0) is 13.4. The van der Waals surface area contributed by atoms with Crippen molar-refractivity contribution in [2.24, 2.45) is 0 Å². The van der Waals surface area contributed by atoms with Crippen LogP contribution in [-0.4, -0.2) is 32.2 Å². The van der Waals surface area contributed by atoms with Gasteiger partial charge in [0.05, 0.1) is 14.2 Å². The van der Waals surface area contributed by atoms with Gasteiger partial charge in [-0.25, -0.2) is 0 Å². The molecule has 0 amide bonds. The molecule has 0 aliphatic heterocycles. The number of methoxy groups -OCH3 is 2. The Morgan fingerprint density at radius 1 is 1.11 bits per heavy atom. The van der Waals surface area contributed by atoms with E-state index in [-0.39, 0.29) is 0 Å².